The summed E-state index contributed by atoms with van der Waals surface area (Å²) in [5.74, 6) is 0.215. The number of Topliss-reactive ketones (excluding diaryl/α,β-unsaturated/α-hetero) is 1. The summed E-state index contributed by atoms with van der Waals surface area (Å²) < 4.78 is 1.96. The molecule has 0 saturated carbocycles. The zero-order valence-corrected chi connectivity index (χ0v) is 10.5. The third kappa shape index (κ3) is 2.55. The molecule has 2 heterocycles. The summed E-state index contributed by atoms with van der Waals surface area (Å²) in [5, 5.41) is 0. The van der Waals surface area contributed by atoms with Gasteiger partial charge in [-0.2, -0.15) is 0 Å². The van der Waals surface area contributed by atoms with Gasteiger partial charge in [-0.3, -0.25) is 4.79 Å². The van der Waals surface area contributed by atoms with Gasteiger partial charge in [0.05, 0.1) is 0 Å². The van der Waals surface area contributed by atoms with Gasteiger partial charge in [0.1, 0.15) is 11.4 Å². The number of aromatic nitrogens is 2. The maximum Gasteiger partial charge on any atom is 0.143 e. The van der Waals surface area contributed by atoms with E-state index in [0.29, 0.717) is 12.8 Å². The van der Waals surface area contributed by atoms with Crippen LogP contribution in [0, 0.1) is 0 Å². The van der Waals surface area contributed by atoms with Crippen molar-refractivity contribution in [2.75, 3.05) is 0 Å². The van der Waals surface area contributed by atoms with Crippen molar-refractivity contribution >= 4 is 11.4 Å². The summed E-state index contributed by atoms with van der Waals surface area (Å²) in [7, 11) is 0. The van der Waals surface area contributed by atoms with Gasteiger partial charge >= 0.3 is 0 Å². The Morgan fingerprint density at radius 2 is 1.84 bits per heavy atom. The molecule has 0 saturated heterocycles. The fraction of sp³-hybridized carbons (Fsp3) is 0.125. The molecule has 0 fully saturated rings. The van der Waals surface area contributed by atoms with Crippen LogP contribution >= 0.6 is 0 Å². The summed E-state index contributed by atoms with van der Waals surface area (Å²) in [4.78, 5) is 16.3. The number of ketones is 1. The van der Waals surface area contributed by atoms with E-state index in [2.05, 4.69) is 4.98 Å². The minimum absolute atomic E-state index is 0.215. The molecule has 19 heavy (non-hydrogen) atoms. The molecule has 0 aliphatic carbocycles. The Morgan fingerprint density at radius 3 is 2.68 bits per heavy atom. The summed E-state index contributed by atoms with van der Waals surface area (Å²) >= 11 is 0. The lowest BCUT2D eigenvalue weighted by atomic mass is 10.1. The molecule has 0 bridgehead atoms. The van der Waals surface area contributed by atoms with Gasteiger partial charge in [-0.15, -0.1) is 0 Å². The van der Waals surface area contributed by atoms with Crippen LogP contribution in [0.1, 0.15) is 11.3 Å². The first kappa shape index (κ1) is 11.7. The van der Waals surface area contributed by atoms with E-state index >= 15 is 0 Å². The van der Waals surface area contributed by atoms with Crippen molar-refractivity contribution in [2.45, 2.75) is 12.8 Å². The van der Waals surface area contributed by atoms with Crippen LogP contribution in [0.25, 0.3) is 5.65 Å². The van der Waals surface area contributed by atoms with E-state index in [4.69, 9.17) is 0 Å². The Labute approximate surface area is 111 Å². The van der Waals surface area contributed by atoms with E-state index in [1.165, 1.54) is 0 Å². The molecular weight excluding hydrogens is 236 g/mol. The first-order valence-electron chi connectivity index (χ1n) is 6.29. The van der Waals surface area contributed by atoms with E-state index < -0.39 is 0 Å². The van der Waals surface area contributed by atoms with Crippen LogP contribution < -0.4 is 0 Å². The first-order valence-corrected chi connectivity index (χ1v) is 6.29. The van der Waals surface area contributed by atoms with Gasteiger partial charge in [0.2, 0.25) is 0 Å². The van der Waals surface area contributed by atoms with E-state index in [1.807, 2.05) is 59.1 Å². The minimum Gasteiger partial charge on any atom is -0.304 e. The average Bonchev–Trinajstić information content (AvgIpc) is 2.89. The smallest absolute Gasteiger partial charge is 0.143 e. The molecule has 0 N–H and O–H groups in total. The normalized spacial score (nSPS) is 10.7. The molecule has 3 aromatic rings. The highest BCUT2D eigenvalue weighted by atomic mass is 16.1. The number of benzene rings is 1. The fourth-order valence-electron chi connectivity index (χ4n) is 2.24. The molecule has 1 aromatic carbocycles. The molecule has 0 spiro atoms. The second-order valence-corrected chi connectivity index (χ2v) is 4.55. The highest BCUT2D eigenvalue weighted by Crippen LogP contribution is 2.09. The lowest BCUT2D eigenvalue weighted by molar-refractivity contribution is -0.117. The molecule has 0 atom stereocenters. The monoisotopic (exact) mass is 250 g/mol. The van der Waals surface area contributed by atoms with E-state index in [1.54, 1.807) is 6.20 Å². The Morgan fingerprint density at radius 1 is 1.00 bits per heavy atom. The lowest BCUT2D eigenvalue weighted by Crippen LogP contribution is -2.09. The summed E-state index contributed by atoms with van der Waals surface area (Å²) in [5.41, 5.74) is 2.92. The second kappa shape index (κ2) is 5.06. The fourth-order valence-corrected chi connectivity index (χ4v) is 2.24. The summed E-state index contributed by atoms with van der Waals surface area (Å²) in [6, 6.07) is 15.7. The SMILES string of the molecule is O=C(Cc1ccccc1)Cc1cccc2nccn12. The topological polar surface area (TPSA) is 34.4 Å². The quantitative estimate of drug-likeness (QED) is 0.713. The van der Waals surface area contributed by atoms with Gasteiger partial charge in [-0.1, -0.05) is 36.4 Å². The molecule has 2 aromatic heterocycles. The van der Waals surface area contributed by atoms with Crippen LogP contribution in [0.4, 0.5) is 0 Å². The largest absolute Gasteiger partial charge is 0.304 e. The van der Waals surface area contributed by atoms with Gasteiger partial charge in [-0.05, 0) is 17.7 Å². The number of carbonyl (C=O) groups excluding carboxylic acids is 1. The number of nitrogens with zero attached hydrogens (tertiary/aromatic N) is 2. The number of rotatable bonds is 4. The lowest BCUT2D eigenvalue weighted by Gasteiger charge is -2.05. The minimum atomic E-state index is 0.215. The molecule has 0 aliphatic rings. The molecule has 0 radical (unpaired) electrons. The zero-order chi connectivity index (χ0) is 13.1. The Bertz CT molecular complexity index is 701. The predicted octanol–water partition coefficient (Wildman–Crippen LogP) is 2.69. The third-order valence-corrected chi connectivity index (χ3v) is 3.14. The van der Waals surface area contributed by atoms with Crippen LogP contribution in [-0.4, -0.2) is 15.2 Å². The Kier molecular flexibility index (Phi) is 3.11. The molecule has 3 nitrogen and oxygen atoms in total. The number of carbonyl (C=O) groups is 1. The number of imidazole rings is 1. The predicted molar refractivity (Wildman–Crippen MR) is 74.0 cm³/mol. The molecule has 3 rings (SSSR count). The zero-order valence-electron chi connectivity index (χ0n) is 10.5. The molecular formula is C16H14N2O. The Balaban J connectivity index is 1.78. The van der Waals surface area contributed by atoms with Gasteiger partial charge in [0.25, 0.3) is 0 Å². The molecule has 0 unspecified atom stereocenters. The van der Waals surface area contributed by atoms with Crippen molar-refractivity contribution in [2.24, 2.45) is 0 Å². The summed E-state index contributed by atoms with van der Waals surface area (Å²) in [6.07, 6.45) is 4.55. The van der Waals surface area contributed by atoms with Crippen molar-refractivity contribution in [3.8, 4) is 0 Å². The molecule has 0 aliphatic heterocycles. The van der Waals surface area contributed by atoms with Crippen molar-refractivity contribution < 1.29 is 4.79 Å². The molecule has 94 valence electrons. The van der Waals surface area contributed by atoms with Crippen molar-refractivity contribution in [3.05, 3.63) is 72.2 Å². The van der Waals surface area contributed by atoms with Gasteiger partial charge in [0.15, 0.2) is 0 Å². The number of hydrogen-bond donors (Lipinski definition) is 0. The van der Waals surface area contributed by atoms with Crippen LogP contribution in [-0.2, 0) is 17.6 Å². The average molecular weight is 250 g/mol. The van der Waals surface area contributed by atoms with Crippen molar-refractivity contribution in [1.82, 2.24) is 9.38 Å². The highest BCUT2D eigenvalue weighted by Gasteiger charge is 2.08. The van der Waals surface area contributed by atoms with Crippen molar-refractivity contribution in [1.29, 1.82) is 0 Å². The van der Waals surface area contributed by atoms with Crippen LogP contribution in [0.2, 0.25) is 0 Å². The molecule has 3 heteroatoms. The highest BCUT2D eigenvalue weighted by molar-refractivity contribution is 5.82. The number of pyridine rings is 1. The van der Waals surface area contributed by atoms with E-state index in [-0.39, 0.29) is 5.78 Å². The van der Waals surface area contributed by atoms with Gasteiger partial charge < -0.3 is 4.40 Å². The van der Waals surface area contributed by atoms with E-state index in [9.17, 15) is 4.79 Å². The maximum absolute atomic E-state index is 12.1. The number of hydrogen-bond acceptors (Lipinski definition) is 2. The third-order valence-electron chi connectivity index (χ3n) is 3.14. The number of fused-ring (bicyclic) bond motifs is 1. The van der Waals surface area contributed by atoms with Gasteiger partial charge in [-0.25, -0.2) is 4.98 Å². The van der Waals surface area contributed by atoms with Crippen LogP contribution in [0.15, 0.2) is 60.9 Å². The Hall–Kier alpha value is -2.42. The van der Waals surface area contributed by atoms with Crippen LogP contribution in [0.5, 0.6) is 0 Å². The second-order valence-electron chi connectivity index (χ2n) is 4.55. The first-order chi connectivity index (χ1) is 9.33. The maximum atomic E-state index is 12.1. The van der Waals surface area contributed by atoms with Gasteiger partial charge in [0, 0.05) is 30.9 Å². The van der Waals surface area contributed by atoms with Crippen molar-refractivity contribution in [3.63, 3.8) is 0 Å². The standard InChI is InChI=1S/C16H14N2O/c19-15(11-13-5-2-1-3-6-13)12-14-7-4-8-16-17-9-10-18(14)16/h1-10H,11-12H2. The van der Waals surface area contributed by atoms with E-state index in [0.717, 1.165) is 16.9 Å². The summed E-state index contributed by atoms with van der Waals surface area (Å²) in [6.45, 7) is 0. The van der Waals surface area contributed by atoms with Crippen LogP contribution in [0.3, 0.4) is 0 Å². The molecule has 0 amide bonds.